The molecule has 2 amide bonds. The fraction of sp³-hybridized carbons (Fsp3) is 0.0556. The van der Waals surface area contributed by atoms with Gasteiger partial charge >= 0.3 is 5.97 Å². The summed E-state index contributed by atoms with van der Waals surface area (Å²) >= 11 is 12.6. The minimum absolute atomic E-state index is 0.0367. The van der Waals surface area contributed by atoms with Crippen LogP contribution < -0.4 is 10.1 Å². The Kier molecular flexibility index (Phi) is 5.66. The molecule has 132 valence electrons. The van der Waals surface area contributed by atoms with Crippen molar-refractivity contribution in [2.24, 2.45) is 0 Å². The minimum atomic E-state index is -0.462. The summed E-state index contributed by atoms with van der Waals surface area (Å²) in [6.07, 6.45) is 1.59. The number of imide groups is 1. The van der Waals surface area contributed by atoms with Crippen LogP contribution in [0.1, 0.15) is 11.1 Å². The maximum absolute atomic E-state index is 12.1. The lowest BCUT2D eigenvalue weighted by atomic mass is 10.1. The third kappa shape index (κ3) is 4.66. The number of halogens is 2. The standard InChI is InChI=1S/C18H11Cl2NO4S/c19-13-5-4-11(7-14(13)20)9-16(22)25-12-3-1-2-10(6-12)8-15-17(23)21-18(24)26-15/h1-8H,9H2,(H,21,23,24)/b15-8+. The maximum Gasteiger partial charge on any atom is 0.315 e. The number of nitrogens with one attached hydrogen (secondary N) is 1. The van der Waals surface area contributed by atoms with Crippen LogP contribution in [0.5, 0.6) is 5.75 Å². The smallest absolute Gasteiger partial charge is 0.315 e. The molecule has 0 unspecified atom stereocenters. The predicted octanol–water partition coefficient (Wildman–Crippen LogP) is 4.47. The van der Waals surface area contributed by atoms with Gasteiger partial charge in [0.2, 0.25) is 0 Å². The fourth-order valence-electron chi connectivity index (χ4n) is 2.22. The van der Waals surface area contributed by atoms with Crippen LogP contribution in [-0.4, -0.2) is 17.1 Å². The van der Waals surface area contributed by atoms with Crippen molar-refractivity contribution in [1.29, 1.82) is 0 Å². The average molecular weight is 408 g/mol. The van der Waals surface area contributed by atoms with E-state index in [9.17, 15) is 14.4 Å². The number of benzene rings is 2. The summed E-state index contributed by atoms with van der Waals surface area (Å²) in [7, 11) is 0. The monoisotopic (exact) mass is 407 g/mol. The quantitative estimate of drug-likeness (QED) is 0.459. The molecule has 0 aliphatic carbocycles. The van der Waals surface area contributed by atoms with E-state index in [0.29, 0.717) is 26.9 Å². The molecule has 1 saturated heterocycles. The highest BCUT2D eigenvalue weighted by atomic mass is 35.5. The lowest BCUT2D eigenvalue weighted by Gasteiger charge is -2.06. The minimum Gasteiger partial charge on any atom is -0.426 e. The number of esters is 1. The highest BCUT2D eigenvalue weighted by Gasteiger charge is 2.24. The number of hydrogen-bond acceptors (Lipinski definition) is 5. The van der Waals surface area contributed by atoms with Crippen molar-refractivity contribution in [3.63, 3.8) is 0 Å². The van der Waals surface area contributed by atoms with Gasteiger partial charge in [-0.05, 0) is 53.2 Å². The van der Waals surface area contributed by atoms with Gasteiger partial charge in [-0.3, -0.25) is 19.7 Å². The van der Waals surface area contributed by atoms with Gasteiger partial charge in [-0.15, -0.1) is 0 Å². The first-order valence-electron chi connectivity index (χ1n) is 7.40. The molecule has 1 fully saturated rings. The molecule has 0 atom stereocenters. The molecule has 0 spiro atoms. The molecule has 2 aromatic rings. The van der Waals surface area contributed by atoms with Gasteiger partial charge in [0.05, 0.1) is 21.4 Å². The maximum atomic E-state index is 12.1. The third-order valence-electron chi connectivity index (χ3n) is 3.36. The number of ether oxygens (including phenoxy) is 1. The van der Waals surface area contributed by atoms with Crippen LogP contribution in [0.2, 0.25) is 10.0 Å². The molecule has 1 aliphatic rings. The van der Waals surface area contributed by atoms with Crippen molar-refractivity contribution in [2.45, 2.75) is 6.42 Å². The predicted molar refractivity (Wildman–Crippen MR) is 101 cm³/mol. The number of amides is 2. The van der Waals surface area contributed by atoms with Crippen molar-refractivity contribution >= 4 is 58.2 Å². The lowest BCUT2D eigenvalue weighted by molar-refractivity contribution is -0.133. The number of thioether (sulfide) groups is 1. The normalized spacial score (nSPS) is 15.2. The molecule has 8 heteroatoms. The van der Waals surface area contributed by atoms with Gasteiger partial charge < -0.3 is 4.74 Å². The molecule has 3 rings (SSSR count). The molecule has 0 aromatic heterocycles. The van der Waals surface area contributed by atoms with Crippen LogP contribution in [0.25, 0.3) is 6.08 Å². The molecule has 2 aromatic carbocycles. The second kappa shape index (κ2) is 7.95. The van der Waals surface area contributed by atoms with Gasteiger partial charge in [-0.25, -0.2) is 0 Å². The van der Waals surface area contributed by atoms with Gasteiger partial charge in [0.1, 0.15) is 5.75 Å². The van der Waals surface area contributed by atoms with E-state index in [1.54, 1.807) is 48.5 Å². The van der Waals surface area contributed by atoms with Crippen molar-refractivity contribution in [3.05, 3.63) is 68.5 Å². The molecule has 1 aliphatic heterocycles. The second-order valence-corrected chi connectivity index (χ2v) is 7.15. The van der Waals surface area contributed by atoms with E-state index in [1.807, 2.05) is 0 Å². The zero-order valence-electron chi connectivity index (χ0n) is 13.1. The van der Waals surface area contributed by atoms with Crippen molar-refractivity contribution in [3.8, 4) is 5.75 Å². The molecule has 1 heterocycles. The van der Waals surface area contributed by atoms with Crippen LogP contribution in [0.3, 0.4) is 0 Å². The first-order chi connectivity index (χ1) is 12.4. The highest BCUT2D eigenvalue weighted by Crippen LogP contribution is 2.27. The average Bonchev–Trinajstić information content (AvgIpc) is 2.88. The van der Waals surface area contributed by atoms with E-state index in [4.69, 9.17) is 27.9 Å². The van der Waals surface area contributed by atoms with E-state index < -0.39 is 17.1 Å². The van der Waals surface area contributed by atoms with Crippen molar-refractivity contribution in [1.82, 2.24) is 5.32 Å². The van der Waals surface area contributed by atoms with E-state index in [2.05, 4.69) is 5.32 Å². The zero-order valence-corrected chi connectivity index (χ0v) is 15.5. The molecule has 26 heavy (non-hydrogen) atoms. The number of carbonyl (C=O) groups excluding carboxylic acids is 3. The largest absolute Gasteiger partial charge is 0.426 e. The van der Waals surface area contributed by atoms with Gasteiger partial charge in [-0.2, -0.15) is 0 Å². The summed E-state index contributed by atoms with van der Waals surface area (Å²) in [5, 5.41) is 2.55. The Labute approximate surface area is 163 Å². The molecule has 0 bridgehead atoms. The van der Waals surface area contributed by atoms with Gasteiger partial charge in [0, 0.05) is 0 Å². The van der Waals surface area contributed by atoms with Crippen LogP contribution in [-0.2, 0) is 16.0 Å². The van der Waals surface area contributed by atoms with Crippen LogP contribution in [0.4, 0.5) is 4.79 Å². The molecule has 0 radical (unpaired) electrons. The van der Waals surface area contributed by atoms with E-state index in [-0.39, 0.29) is 11.3 Å². The first kappa shape index (κ1) is 18.5. The van der Waals surface area contributed by atoms with Gasteiger partial charge in [0.15, 0.2) is 0 Å². The third-order valence-corrected chi connectivity index (χ3v) is 4.91. The Morgan fingerprint density at radius 2 is 1.92 bits per heavy atom. The Morgan fingerprint density at radius 1 is 1.12 bits per heavy atom. The molecule has 0 saturated carbocycles. The summed E-state index contributed by atoms with van der Waals surface area (Å²) in [5.41, 5.74) is 1.32. The Bertz CT molecular complexity index is 943. The summed E-state index contributed by atoms with van der Waals surface area (Å²) in [5.74, 6) is -0.572. The van der Waals surface area contributed by atoms with Crippen LogP contribution in [0, 0.1) is 0 Å². The summed E-state index contributed by atoms with van der Waals surface area (Å²) in [6, 6.07) is 11.6. The Hall–Kier alpha value is -2.28. The molecular formula is C18H11Cl2NO4S. The molecule has 5 nitrogen and oxygen atoms in total. The van der Waals surface area contributed by atoms with Gasteiger partial charge in [-0.1, -0.05) is 41.4 Å². The van der Waals surface area contributed by atoms with Crippen molar-refractivity contribution < 1.29 is 19.1 Å². The van der Waals surface area contributed by atoms with E-state index >= 15 is 0 Å². The van der Waals surface area contributed by atoms with Crippen LogP contribution in [0.15, 0.2) is 47.4 Å². The van der Waals surface area contributed by atoms with E-state index in [1.165, 1.54) is 0 Å². The zero-order chi connectivity index (χ0) is 18.7. The van der Waals surface area contributed by atoms with E-state index in [0.717, 1.165) is 11.8 Å². The van der Waals surface area contributed by atoms with Crippen molar-refractivity contribution in [2.75, 3.05) is 0 Å². The second-order valence-electron chi connectivity index (χ2n) is 5.32. The number of rotatable bonds is 4. The SMILES string of the molecule is O=C(Cc1ccc(Cl)c(Cl)c1)Oc1cccc(/C=C2/SC(=O)NC2=O)c1. The highest BCUT2D eigenvalue weighted by molar-refractivity contribution is 8.18. The first-order valence-corrected chi connectivity index (χ1v) is 8.97. The summed E-state index contributed by atoms with van der Waals surface area (Å²) in [4.78, 5) is 35.2. The fourth-order valence-corrected chi connectivity index (χ4v) is 3.23. The van der Waals surface area contributed by atoms with Gasteiger partial charge in [0.25, 0.3) is 11.1 Å². The number of carbonyl (C=O) groups is 3. The summed E-state index contributed by atoms with van der Waals surface area (Å²) in [6.45, 7) is 0. The topological polar surface area (TPSA) is 72.5 Å². The lowest BCUT2D eigenvalue weighted by Crippen LogP contribution is -2.17. The Balaban J connectivity index is 1.69. The van der Waals surface area contributed by atoms with Crippen LogP contribution >= 0.6 is 35.0 Å². The molecule has 1 N–H and O–H groups in total. The Morgan fingerprint density at radius 3 is 2.62 bits per heavy atom. The summed E-state index contributed by atoms with van der Waals surface area (Å²) < 4.78 is 5.32. The molecular weight excluding hydrogens is 397 g/mol. The number of hydrogen-bond donors (Lipinski definition) is 1.